The zero-order valence-electron chi connectivity index (χ0n) is 11.1. The van der Waals surface area contributed by atoms with E-state index in [2.05, 4.69) is 40.3 Å². The molecule has 2 rings (SSSR count). The van der Waals surface area contributed by atoms with Gasteiger partial charge in [-0.25, -0.2) is 9.78 Å². The minimum Gasteiger partial charge on any atom is -0.460 e. The van der Waals surface area contributed by atoms with E-state index in [4.69, 9.17) is 4.74 Å². The van der Waals surface area contributed by atoms with E-state index >= 15 is 0 Å². The Morgan fingerprint density at radius 2 is 2.21 bits per heavy atom. The first-order valence-corrected chi connectivity index (χ1v) is 6.33. The van der Waals surface area contributed by atoms with E-state index in [0.29, 0.717) is 12.4 Å². The van der Waals surface area contributed by atoms with Crippen LogP contribution in [0.2, 0.25) is 0 Å². The van der Waals surface area contributed by atoms with Crippen LogP contribution in [0.1, 0.15) is 34.5 Å². The summed E-state index contributed by atoms with van der Waals surface area (Å²) in [5.41, 5.74) is 2.48. The van der Waals surface area contributed by atoms with Gasteiger partial charge >= 0.3 is 5.97 Å². The monoisotopic (exact) mass is 259 g/mol. The first-order chi connectivity index (χ1) is 9.19. The predicted octanol–water partition coefficient (Wildman–Crippen LogP) is 2.08. The highest BCUT2D eigenvalue weighted by Gasteiger charge is 2.12. The van der Waals surface area contributed by atoms with E-state index < -0.39 is 5.97 Å². The van der Waals surface area contributed by atoms with Crippen molar-refractivity contribution >= 4 is 5.97 Å². The maximum Gasteiger partial charge on any atom is 0.378 e. The minimum atomic E-state index is -0.486. The molecule has 1 heterocycles. The quantitative estimate of drug-likeness (QED) is 0.835. The molecule has 0 amide bonds. The fourth-order valence-corrected chi connectivity index (χ4v) is 1.82. The minimum absolute atomic E-state index is 0.0982. The second kappa shape index (κ2) is 6.13. The molecule has 0 radical (unpaired) electrons. The molecule has 5 nitrogen and oxygen atoms in total. The summed E-state index contributed by atoms with van der Waals surface area (Å²) in [5, 5.41) is 6.62. The molecular weight excluding hydrogens is 242 g/mol. The first kappa shape index (κ1) is 13.3. The van der Waals surface area contributed by atoms with Crippen molar-refractivity contribution in [2.45, 2.75) is 26.7 Å². The van der Waals surface area contributed by atoms with E-state index in [0.717, 1.165) is 12.8 Å². The number of carbonyl (C=O) groups is 1. The van der Waals surface area contributed by atoms with Crippen LogP contribution in [0.3, 0.4) is 0 Å². The lowest BCUT2D eigenvalue weighted by atomic mass is 10.1. The fourth-order valence-electron chi connectivity index (χ4n) is 1.82. The highest BCUT2D eigenvalue weighted by atomic mass is 16.5. The van der Waals surface area contributed by atoms with Gasteiger partial charge in [0, 0.05) is 6.42 Å². The number of hydrogen-bond acceptors (Lipinski definition) is 4. The number of nitrogens with one attached hydrogen (secondary N) is 1. The van der Waals surface area contributed by atoms with Crippen LogP contribution in [0.15, 0.2) is 24.3 Å². The number of hydrogen-bond donors (Lipinski definition) is 1. The molecule has 0 aliphatic rings. The Morgan fingerprint density at radius 3 is 2.95 bits per heavy atom. The Morgan fingerprint density at radius 1 is 1.37 bits per heavy atom. The van der Waals surface area contributed by atoms with E-state index in [1.54, 1.807) is 6.92 Å². The highest BCUT2D eigenvalue weighted by molar-refractivity contribution is 5.84. The molecule has 1 aromatic heterocycles. The van der Waals surface area contributed by atoms with Crippen molar-refractivity contribution in [3.63, 3.8) is 0 Å². The molecule has 0 saturated carbocycles. The summed E-state index contributed by atoms with van der Waals surface area (Å²) in [7, 11) is 0. The summed E-state index contributed by atoms with van der Waals surface area (Å²) >= 11 is 0. The molecule has 0 bridgehead atoms. The van der Waals surface area contributed by atoms with Gasteiger partial charge in [-0.15, -0.1) is 5.10 Å². The second-order valence-electron chi connectivity index (χ2n) is 4.32. The summed E-state index contributed by atoms with van der Waals surface area (Å²) in [6.07, 6.45) is 1.58. The summed E-state index contributed by atoms with van der Waals surface area (Å²) in [6, 6.07) is 8.32. The molecule has 1 aromatic carbocycles. The van der Waals surface area contributed by atoms with Crippen LogP contribution in [0.25, 0.3) is 0 Å². The lowest BCUT2D eigenvalue weighted by Gasteiger charge is -2.00. The molecule has 0 saturated heterocycles. The van der Waals surface area contributed by atoms with Gasteiger partial charge in [-0.2, -0.15) is 0 Å². The maximum absolute atomic E-state index is 11.4. The Balaban J connectivity index is 1.95. The Bertz CT molecular complexity index is 563. The average Bonchev–Trinajstić information content (AvgIpc) is 2.86. The van der Waals surface area contributed by atoms with Crippen LogP contribution < -0.4 is 0 Å². The normalized spacial score (nSPS) is 10.4. The first-order valence-electron chi connectivity index (χ1n) is 6.33. The zero-order valence-corrected chi connectivity index (χ0v) is 11.1. The number of nitrogens with zero attached hydrogens (tertiary/aromatic N) is 2. The van der Waals surface area contributed by atoms with Crippen molar-refractivity contribution in [1.29, 1.82) is 0 Å². The van der Waals surface area contributed by atoms with Crippen molar-refractivity contribution in [1.82, 2.24) is 15.2 Å². The fraction of sp³-hybridized carbons (Fsp3) is 0.357. The number of aromatic nitrogens is 3. The van der Waals surface area contributed by atoms with Crippen molar-refractivity contribution < 1.29 is 9.53 Å². The average molecular weight is 259 g/mol. The van der Waals surface area contributed by atoms with Crippen molar-refractivity contribution in [3.05, 3.63) is 47.0 Å². The third kappa shape index (κ3) is 3.64. The molecular formula is C14H17N3O2. The zero-order chi connectivity index (χ0) is 13.7. The molecule has 0 aliphatic carbocycles. The maximum atomic E-state index is 11.4. The van der Waals surface area contributed by atoms with Gasteiger partial charge in [0.15, 0.2) is 0 Å². The number of aromatic amines is 1. The van der Waals surface area contributed by atoms with Crippen LogP contribution >= 0.6 is 0 Å². The Labute approximate surface area is 112 Å². The predicted molar refractivity (Wildman–Crippen MR) is 70.9 cm³/mol. The van der Waals surface area contributed by atoms with Gasteiger partial charge in [-0.3, -0.25) is 5.10 Å². The van der Waals surface area contributed by atoms with Crippen LogP contribution in [0.5, 0.6) is 0 Å². The van der Waals surface area contributed by atoms with Gasteiger partial charge in [-0.05, 0) is 25.8 Å². The van der Waals surface area contributed by atoms with Crippen molar-refractivity contribution in [2.24, 2.45) is 0 Å². The highest BCUT2D eigenvalue weighted by Crippen LogP contribution is 2.07. The van der Waals surface area contributed by atoms with Gasteiger partial charge in [0.1, 0.15) is 5.82 Å². The SMILES string of the molecule is CCOC(=O)c1n[nH]c(CCc2cccc(C)c2)n1. The molecule has 0 aliphatic heterocycles. The van der Waals surface area contributed by atoms with Gasteiger partial charge in [0.25, 0.3) is 5.82 Å². The van der Waals surface area contributed by atoms with Crippen LogP contribution in [-0.2, 0) is 17.6 Å². The summed E-state index contributed by atoms with van der Waals surface area (Å²) in [4.78, 5) is 15.5. The van der Waals surface area contributed by atoms with Gasteiger partial charge in [-0.1, -0.05) is 29.8 Å². The molecule has 100 valence electrons. The molecule has 5 heteroatoms. The van der Waals surface area contributed by atoms with E-state index in [1.807, 2.05) is 6.07 Å². The lowest BCUT2D eigenvalue weighted by molar-refractivity contribution is 0.0512. The van der Waals surface area contributed by atoms with Crippen LogP contribution in [-0.4, -0.2) is 27.8 Å². The molecule has 0 spiro atoms. The van der Waals surface area contributed by atoms with E-state index in [1.165, 1.54) is 11.1 Å². The summed E-state index contributed by atoms with van der Waals surface area (Å²) < 4.78 is 4.84. The Hall–Kier alpha value is -2.17. The number of benzene rings is 1. The molecule has 0 fully saturated rings. The largest absolute Gasteiger partial charge is 0.460 e. The summed E-state index contributed by atoms with van der Waals surface area (Å²) in [5.74, 6) is 0.311. The number of H-pyrrole nitrogens is 1. The van der Waals surface area contributed by atoms with Crippen molar-refractivity contribution in [2.75, 3.05) is 6.61 Å². The molecule has 0 unspecified atom stereocenters. The second-order valence-corrected chi connectivity index (χ2v) is 4.32. The Kier molecular flexibility index (Phi) is 4.28. The number of rotatable bonds is 5. The van der Waals surface area contributed by atoms with Gasteiger partial charge in [0.2, 0.25) is 0 Å². The molecule has 1 N–H and O–H groups in total. The van der Waals surface area contributed by atoms with E-state index in [9.17, 15) is 4.79 Å². The van der Waals surface area contributed by atoms with Crippen molar-refractivity contribution in [3.8, 4) is 0 Å². The number of ether oxygens (including phenoxy) is 1. The van der Waals surface area contributed by atoms with Gasteiger partial charge < -0.3 is 4.74 Å². The number of carbonyl (C=O) groups excluding carboxylic acids is 1. The number of aryl methyl sites for hydroxylation is 3. The van der Waals surface area contributed by atoms with Gasteiger partial charge in [0.05, 0.1) is 6.61 Å². The smallest absolute Gasteiger partial charge is 0.378 e. The van der Waals surface area contributed by atoms with E-state index in [-0.39, 0.29) is 5.82 Å². The van der Waals surface area contributed by atoms with Crippen LogP contribution in [0, 0.1) is 6.92 Å². The molecule has 0 atom stereocenters. The lowest BCUT2D eigenvalue weighted by Crippen LogP contribution is -2.06. The standard InChI is InChI=1S/C14H17N3O2/c1-3-19-14(18)13-15-12(16-17-13)8-7-11-6-4-5-10(2)9-11/h4-6,9H,3,7-8H2,1-2H3,(H,15,16,17). The topological polar surface area (TPSA) is 67.9 Å². The number of esters is 1. The molecule has 19 heavy (non-hydrogen) atoms. The summed E-state index contributed by atoms with van der Waals surface area (Å²) in [6.45, 7) is 4.14. The van der Waals surface area contributed by atoms with Crippen LogP contribution in [0.4, 0.5) is 0 Å². The third-order valence-electron chi connectivity index (χ3n) is 2.72. The third-order valence-corrected chi connectivity index (χ3v) is 2.72. The molecule has 2 aromatic rings.